The molecule has 4 nitrogen and oxygen atoms in total. The molecule has 0 saturated carbocycles. The van der Waals surface area contributed by atoms with E-state index in [0.29, 0.717) is 12.2 Å². The van der Waals surface area contributed by atoms with E-state index >= 15 is 0 Å². The number of nitrogens with zero attached hydrogens (tertiary/aromatic N) is 1. The average Bonchev–Trinajstić information content (AvgIpc) is 2.48. The van der Waals surface area contributed by atoms with E-state index < -0.39 is 0 Å². The van der Waals surface area contributed by atoms with Crippen LogP contribution in [-0.4, -0.2) is 16.1 Å². The van der Waals surface area contributed by atoms with Crippen LogP contribution in [0.2, 0.25) is 0 Å². The predicted molar refractivity (Wildman–Crippen MR) is 51.5 cm³/mol. The minimum atomic E-state index is 0.0355. The van der Waals surface area contributed by atoms with Crippen LogP contribution < -0.4 is 5.32 Å². The number of hydrogen-bond acceptors (Lipinski definition) is 2. The van der Waals surface area contributed by atoms with E-state index in [-0.39, 0.29) is 5.91 Å². The van der Waals surface area contributed by atoms with Crippen LogP contribution >= 0.6 is 0 Å². The molecule has 1 aromatic rings. The number of anilines is 1. The number of aryl methyl sites for hydroxylation is 1. The highest BCUT2D eigenvalue weighted by Gasteiger charge is 2.02. The van der Waals surface area contributed by atoms with Gasteiger partial charge in [0, 0.05) is 18.2 Å². The summed E-state index contributed by atoms with van der Waals surface area (Å²) in [5.74, 6) is 0.645. The van der Waals surface area contributed by atoms with Crippen LogP contribution in [0.25, 0.3) is 0 Å². The van der Waals surface area contributed by atoms with E-state index in [9.17, 15) is 4.79 Å². The van der Waals surface area contributed by atoms with Crippen LogP contribution in [0.5, 0.6) is 0 Å². The molecular weight excluding hydrogens is 166 g/mol. The molecule has 2 N–H and O–H groups in total. The monoisotopic (exact) mass is 181 g/mol. The summed E-state index contributed by atoms with van der Waals surface area (Å²) in [6.07, 6.45) is 2.53. The maximum absolute atomic E-state index is 11.2. The van der Waals surface area contributed by atoms with Gasteiger partial charge in [-0.2, -0.15) is 5.10 Å². The zero-order valence-corrected chi connectivity index (χ0v) is 8.05. The van der Waals surface area contributed by atoms with Crippen molar-refractivity contribution in [2.45, 2.75) is 33.1 Å². The zero-order valence-electron chi connectivity index (χ0n) is 8.05. The molecule has 0 aliphatic heterocycles. The number of carbonyl (C=O) groups is 1. The summed E-state index contributed by atoms with van der Waals surface area (Å²) >= 11 is 0. The lowest BCUT2D eigenvalue weighted by atomic mass is 10.2. The minimum absolute atomic E-state index is 0.0355. The molecule has 0 spiro atoms. The Morgan fingerprint density at radius 1 is 1.69 bits per heavy atom. The molecule has 13 heavy (non-hydrogen) atoms. The molecular formula is C9H15N3O. The zero-order chi connectivity index (χ0) is 9.68. The molecule has 0 radical (unpaired) electrons. The first kappa shape index (κ1) is 9.77. The lowest BCUT2D eigenvalue weighted by molar-refractivity contribution is -0.116. The Morgan fingerprint density at radius 2 is 2.46 bits per heavy atom. The summed E-state index contributed by atoms with van der Waals surface area (Å²) in [5.41, 5.74) is 0.950. The quantitative estimate of drug-likeness (QED) is 0.744. The smallest absolute Gasteiger partial charge is 0.225 e. The molecule has 1 amide bonds. The van der Waals surface area contributed by atoms with Crippen LogP contribution in [-0.2, 0) is 4.79 Å². The topological polar surface area (TPSA) is 57.8 Å². The Morgan fingerprint density at radius 3 is 3.00 bits per heavy atom. The molecule has 0 fully saturated rings. The summed E-state index contributed by atoms with van der Waals surface area (Å²) in [7, 11) is 0. The Labute approximate surface area is 77.7 Å². The highest BCUT2D eigenvalue weighted by molar-refractivity contribution is 5.89. The van der Waals surface area contributed by atoms with Gasteiger partial charge < -0.3 is 5.32 Å². The van der Waals surface area contributed by atoms with E-state index in [2.05, 4.69) is 22.4 Å². The van der Waals surface area contributed by atoms with Crippen LogP contribution in [0, 0.1) is 6.92 Å². The third-order valence-corrected chi connectivity index (χ3v) is 1.73. The van der Waals surface area contributed by atoms with Gasteiger partial charge in [-0.1, -0.05) is 13.3 Å². The van der Waals surface area contributed by atoms with Gasteiger partial charge in [-0.25, -0.2) is 0 Å². The highest BCUT2D eigenvalue weighted by atomic mass is 16.1. The number of aromatic nitrogens is 2. The third-order valence-electron chi connectivity index (χ3n) is 1.73. The van der Waals surface area contributed by atoms with Gasteiger partial charge >= 0.3 is 0 Å². The number of hydrogen-bond donors (Lipinski definition) is 2. The summed E-state index contributed by atoms with van der Waals surface area (Å²) in [6.45, 7) is 3.96. The molecule has 0 saturated heterocycles. The number of H-pyrrole nitrogens is 1. The average molecular weight is 181 g/mol. The molecule has 0 bridgehead atoms. The Hall–Kier alpha value is -1.32. The van der Waals surface area contributed by atoms with Gasteiger partial charge in [0.1, 0.15) is 0 Å². The van der Waals surface area contributed by atoms with Gasteiger partial charge in [0.25, 0.3) is 0 Å². The molecule has 0 aliphatic carbocycles. The maximum atomic E-state index is 11.2. The van der Waals surface area contributed by atoms with Crippen molar-refractivity contribution in [2.24, 2.45) is 0 Å². The molecule has 72 valence electrons. The first-order valence-electron chi connectivity index (χ1n) is 4.54. The van der Waals surface area contributed by atoms with Gasteiger partial charge in [-0.15, -0.1) is 0 Å². The Kier molecular flexibility index (Phi) is 3.49. The van der Waals surface area contributed by atoms with Gasteiger partial charge in [0.15, 0.2) is 5.82 Å². The van der Waals surface area contributed by atoms with Crippen molar-refractivity contribution in [1.82, 2.24) is 10.2 Å². The summed E-state index contributed by atoms with van der Waals surface area (Å²) in [6, 6.07) is 1.81. The van der Waals surface area contributed by atoms with E-state index in [1.165, 1.54) is 0 Å². The summed E-state index contributed by atoms with van der Waals surface area (Å²) < 4.78 is 0. The normalized spacial score (nSPS) is 10.0. The maximum Gasteiger partial charge on any atom is 0.225 e. The first-order valence-corrected chi connectivity index (χ1v) is 4.54. The fraction of sp³-hybridized carbons (Fsp3) is 0.556. The molecule has 1 aromatic heterocycles. The molecule has 1 heterocycles. The van der Waals surface area contributed by atoms with Crippen molar-refractivity contribution in [3.63, 3.8) is 0 Å². The molecule has 0 unspecified atom stereocenters. The largest absolute Gasteiger partial charge is 0.309 e. The second kappa shape index (κ2) is 4.64. The third kappa shape index (κ3) is 3.27. The van der Waals surface area contributed by atoms with E-state index in [1.807, 2.05) is 13.0 Å². The van der Waals surface area contributed by atoms with Crippen molar-refractivity contribution in [2.75, 3.05) is 5.32 Å². The fourth-order valence-corrected chi connectivity index (χ4v) is 1.02. The predicted octanol–water partition coefficient (Wildman–Crippen LogP) is 1.85. The summed E-state index contributed by atoms with van der Waals surface area (Å²) in [5, 5.41) is 9.39. The molecule has 1 rings (SSSR count). The van der Waals surface area contributed by atoms with Crippen LogP contribution in [0.3, 0.4) is 0 Å². The summed E-state index contributed by atoms with van der Waals surface area (Å²) in [4.78, 5) is 11.2. The highest BCUT2D eigenvalue weighted by Crippen LogP contribution is 2.05. The van der Waals surface area contributed by atoms with Gasteiger partial charge in [0.05, 0.1) is 0 Å². The lowest BCUT2D eigenvalue weighted by Crippen LogP contribution is -2.11. The number of aromatic amines is 1. The lowest BCUT2D eigenvalue weighted by Gasteiger charge is -1.98. The second-order valence-corrected chi connectivity index (χ2v) is 3.09. The number of carbonyl (C=O) groups excluding carboxylic acids is 1. The standard InChI is InChI=1S/C9H15N3O/c1-3-4-5-9(13)10-8-6-7(2)11-12-8/h6H,3-5H2,1-2H3,(H2,10,11,12,13). The first-order chi connectivity index (χ1) is 6.22. The molecule has 0 aliphatic rings. The molecule has 0 aromatic carbocycles. The Bertz CT molecular complexity index is 280. The Balaban J connectivity index is 2.36. The van der Waals surface area contributed by atoms with Crippen molar-refractivity contribution in [3.8, 4) is 0 Å². The van der Waals surface area contributed by atoms with Crippen molar-refractivity contribution < 1.29 is 4.79 Å². The SMILES string of the molecule is CCCCC(=O)Nc1cc(C)[nH]n1. The van der Waals surface area contributed by atoms with E-state index in [0.717, 1.165) is 18.5 Å². The minimum Gasteiger partial charge on any atom is -0.309 e. The molecule has 0 atom stereocenters. The number of unbranched alkanes of at least 4 members (excludes halogenated alkanes) is 1. The van der Waals surface area contributed by atoms with Crippen LogP contribution in [0.1, 0.15) is 31.9 Å². The number of nitrogens with one attached hydrogen (secondary N) is 2. The van der Waals surface area contributed by atoms with E-state index in [4.69, 9.17) is 0 Å². The second-order valence-electron chi connectivity index (χ2n) is 3.09. The van der Waals surface area contributed by atoms with Gasteiger partial charge in [-0.05, 0) is 13.3 Å². The van der Waals surface area contributed by atoms with E-state index in [1.54, 1.807) is 0 Å². The van der Waals surface area contributed by atoms with Crippen LogP contribution in [0.15, 0.2) is 6.07 Å². The fourth-order valence-electron chi connectivity index (χ4n) is 1.02. The van der Waals surface area contributed by atoms with Crippen molar-refractivity contribution in [3.05, 3.63) is 11.8 Å². The number of amides is 1. The number of rotatable bonds is 4. The van der Waals surface area contributed by atoms with Crippen molar-refractivity contribution in [1.29, 1.82) is 0 Å². The van der Waals surface area contributed by atoms with Gasteiger partial charge in [-0.3, -0.25) is 9.89 Å². The van der Waals surface area contributed by atoms with Crippen molar-refractivity contribution >= 4 is 11.7 Å². The van der Waals surface area contributed by atoms with Gasteiger partial charge in [0.2, 0.25) is 5.91 Å². The van der Waals surface area contributed by atoms with Crippen LogP contribution in [0.4, 0.5) is 5.82 Å². The molecule has 4 heteroatoms.